The first-order valence-electron chi connectivity index (χ1n) is 5.58. The summed E-state index contributed by atoms with van der Waals surface area (Å²) in [4.78, 5) is 3.96. The Morgan fingerprint density at radius 3 is 2.53 bits per heavy atom. The van der Waals surface area contributed by atoms with Crippen LogP contribution in [0.3, 0.4) is 0 Å². The van der Waals surface area contributed by atoms with Crippen molar-refractivity contribution in [3.8, 4) is 0 Å². The minimum atomic E-state index is -3.75. The van der Waals surface area contributed by atoms with Gasteiger partial charge < -0.3 is 4.57 Å². The zero-order valence-electron chi connectivity index (χ0n) is 10.8. The molecule has 0 radical (unpaired) electrons. The molecule has 0 amide bonds. The van der Waals surface area contributed by atoms with Gasteiger partial charge in [-0.25, -0.2) is 9.37 Å². The number of halogens is 1. The number of benzene rings is 1. The van der Waals surface area contributed by atoms with Crippen LogP contribution in [0, 0.1) is 19.7 Å². The van der Waals surface area contributed by atoms with Crippen molar-refractivity contribution >= 4 is 15.7 Å². The quantitative estimate of drug-likeness (QED) is 0.936. The SMILES string of the molecule is Cc1cc(F)ccc1NS(=O)(=O)c1cn(C)c(C)n1. The van der Waals surface area contributed by atoms with Crippen molar-refractivity contribution in [2.45, 2.75) is 18.9 Å². The van der Waals surface area contributed by atoms with Crippen LogP contribution in [0.5, 0.6) is 0 Å². The van der Waals surface area contributed by atoms with Crippen molar-refractivity contribution < 1.29 is 12.8 Å². The average Bonchev–Trinajstić information content (AvgIpc) is 2.64. The predicted molar refractivity (Wildman–Crippen MR) is 69.9 cm³/mol. The Morgan fingerprint density at radius 2 is 2.00 bits per heavy atom. The summed E-state index contributed by atoms with van der Waals surface area (Å²) < 4.78 is 41.2. The first kappa shape index (κ1) is 13.5. The van der Waals surface area contributed by atoms with Gasteiger partial charge in [0.15, 0.2) is 5.03 Å². The molecule has 0 unspecified atom stereocenters. The zero-order chi connectivity index (χ0) is 14.2. The molecule has 0 aliphatic heterocycles. The van der Waals surface area contributed by atoms with Gasteiger partial charge in [0.25, 0.3) is 10.0 Å². The number of sulfonamides is 1. The summed E-state index contributed by atoms with van der Waals surface area (Å²) >= 11 is 0. The van der Waals surface area contributed by atoms with E-state index in [4.69, 9.17) is 0 Å². The molecular weight excluding hydrogens is 269 g/mol. The number of aromatic nitrogens is 2. The molecule has 19 heavy (non-hydrogen) atoms. The number of rotatable bonds is 3. The van der Waals surface area contributed by atoms with Gasteiger partial charge in [-0.2, -0.15) is 8.42 Å². The number of imidazole rings is 1. The molecule has 0 aliphatic carbocycles. The molecule has 0 saturated carbocycles. The summed E-state index contributed by atoms with van der Waals surface area (Å²) in [6, 6.07) is 3.86. The first-order chi connectivity index (χ1) is 8.79. The Kier molecular flexibility index (Phi) is 3.32. The van der Waals surface area contributed by atoms with Gasteiger partial charge in [-0.05, 0) is 37.6 Å². The third kappa shape index (κ3) is 2.76. The number of aryl methyl sites for hydroxylation is 3. The number of hydrogen-bond acceptors (Lipinski definition) is 3. The van der Waals surface area contributed by atoms with Gasteiger partial charge in [0.05, 0.1) is 5.69 Å². The lowest BCUT2D eigenvalue weighted by Gasteiger charge is -2.08. The van der Waals surface area contributed by atoms with Crippen molar-refractivity contribution in [3.05, 3.63) is 41.6 Å². The molecule has 0 spiro atoms. The summed E-state index contributed by atoms with van der Waals surface area (Å²) in [6.07, 6.45) is 1.43. The third-order valence-electron chi connectivity index (χ3n) is 2.79. The zero-order valence-corrected chi connectivity index (χ0v) is 11.6. The predicted octanol–water partition coefficient (Wildman–Crippen LogP) is 1.98. The molecule has 1 aromatic carbocycles. The topological polar surface area (TPSA) is 64.0 Å². The van der Waals surface area contributed by atoms with Crippen LogP contribution in [-0.2, 0) is 17.1 Å². The van der Waals surface area contributed by atoms with E-state index in [0.717, 1.165) is 0 Å². The Balaban J connectivity index is 2.36. The van der Waals surface area contributed by atoms with Crippen LogP contribution in [0.15, 0.2) is 29.4 Å². The largest absolute Gasteiger partial charge is 0.337 e. The summed E-state index contributed by atoms with van der Waals surface area (Å²) in [7, 11) is -2.04. The van der Waals surface area contributed by atoms with E-state index in [-0.39, 0.29) is 5.03 Å². The number of anilines is 1. The van der Waals surface area contributed by atoms with Gasteiger partial charge in [0, 0.05) is 13.2 Å². The van der Waals surface area contributed by atoms with Crippen LogP contribution in [0.4, 0.5) is 10.1 Å². The number of hydrogen-bond donors (Lipinski definition) is 1. The van der Waals surface area contributed by atoms with Crippen LogP contribution in [0.1, 0.15) is 11.4 Å². The van der Waals surface area contributed by atoms with Crippen molar-refractivity contribution in [1.82, 2.24) is 9.55 Å². The molecule has 0 atom stereocenters. The molecule has 0 aliphatic rings. The van der Waals surface area contributed by atoms with Crippen LogP contribution >= 0.6 is 0 Å². The summed E-state index contributed by atoms with van der Waals surface area (Å²) in [6.45, 7) is 3.34. The molecule has 2 rings (SSSR count). The minimum absolute atomic E-state index is 0.0591. The first-order valence-corrected chi connectivity index (χ1v) is 7.07. The van der Waals surface area contributed by atoms with E-state index in [0.29, 0.717) is 17.1 Å². The maximum absolute atomic E-state index is 13.0. The molecule has 1 heterocycles. The fraction of sp³-hybridized carbons (Fsp3) is 0.250. The van der Waals surface area contributed by atoms with Gasteiger partial charge in [-0.15, -0.1) is 0 Å². The van der Waals surface area contributed by atoms with Crippen LogP contribution in [0.2, 0.25) is 0 Å². The lowest BCUT2D eigenvalue weighted by atomic mass is 10.2. The second-order valence-electron chi connectivity index (χ2n) is 4.30. The molecule has 5 nitrogen and oxygen atoms in total. The highest BCUT2D eigenvalue weighted by Gasteiger charge is 2.19. The highest BCUT2D eigenvalue weighted by Crippen LogP contribution is 2.20. The average molecular weight is 283 g/mol. The highest BCUT2D eigenvalue weighted by molar-refractivity contribution is 7.92. The van der Waals surface area contributed by atoms with E-state index in [1.165, 1.54) is 24.4 Å². The summed E-state index contributed by atoms with van der Waals surface area (Å²) in [5, 5.41) is -0.0591. The third-order valence-corrected chi connectivity index (χ3v) is 4.03. The Bertz CT molecular complexity index is 703. The molecule has 2 aromatic rings. The maximum Gasteiger partial charge on any atom is 0.280 e. The monoisotopic (exact) mass is 283 g/mol. The summed E-state index contributed by atoms with van der Waals surface area (Å²) in [5.41, 5.74) is 0.848. The van der Waals surface area contributed by atoms with E-state index in [2.05, 4.69) is 9.71 Å². The van der Waals surface area contributed by atoms with E-state index in [1.54, 1.807) is 25.5 Å². The highest BCUT2D eigenvalue weighted by atomic mass is 32.2. The van der Waals surface area contributed by atoms with Crippen LogP contribution in [0.25, 0.3) is 0 Å². The van der Waals surface area contributed by atoms with E-state index in [1.807, 2.05) is 0 Å². The van der Waals surface area contributed by atoms with Gasteiger partial charge in [0.2, 0.25) is 0 Å². The molecule has 1 aromatic heterocycles. The summed E-state index contributed by atoms with van der Waals surface area (Å²) in [5.74, 6) is 0.185. The normalized spacial score (nSPS) is 11.6. The minimum Gasteiger partial charge on any atom is -0.337 e. The molecule has 7 heteroatoms. The maximum atomic E-state index is 13.0. The van der Waals surface area contributed by atoms with Crippen molar-refractivity contribution in [2.75, 3.05) is 4.72 Å². The van der Waals surface area contributed by atoms with E-state index >= 15 is 0 Å². The van der Waals surface area contributed by atoms with Crippen molar-refractivity contribution in [2.24, 2.45) is 7.05 Å². The molecule has 102 valence electrons. The Labute approximate surface area is 111 Å². The number of nitrogens with zero attached hydrogens (tertiary/aromatic N) is 2. The second kappa shape index (κ2) is 4.65. The second-order valence-corrected chi connectivity index (χ2v) is 5.93. The van der Waals surface area contributed by atoms with E-state index < -0.39 is 15.8 Å². The molecule has 0 bridgehead atoms. The molecule has 0 saturated heterocycles. The molecular formula is C12H14FN3O2S. The van der Waals surface area contributed by atoms with Crippen LogP contribution in [-0.4, -0.2) is 18.0 Å². The molecule has 0 fully saturated rings. The lowest BCUT2D eigenvalue weighted by Crippen LogP contribution is -2.14. The Hall–Kier alpha value is -1.89. The Morgan fingerprint density at radius 1 is 1.32 bits per heavy atom. The van der Waals surface area contributed by atoms with Gasteiger partial charge in [0.1, 0.15) is 11.6 Å². The number of nitrogens with one attached hydrogen (secondary N) is 1. The smallest absolute Gasteiger partial charge is 0.280 e. The van der Waals surface area contributed by atoms with Gasteiger partial charge in [-0.1, -0.05) is 0 Å². The van der Waals surface area contributed by atoms with Crippen LogP contribution < -0.4 is 4.72 Å². The lowest BCUT2D eigenvalue weighted by molar-refractivity contribution is 0.597. The molecule has 1 N–H and O–H groups in total. The standard InChI is InChI=1S/C12H14FN3O2S/c1-8-6-10(13)4-5-11(8)15-19(17,18)12-7-16(3)9(2)14-12/h4-7,15H,1-3H3. The fourth-order valence-corrected chi connectivity index (χ4v) is 2.77. The van der Waals surface area contributed by atoms with Crippen molar-refractivity contribution in [1.29, 1.82) is 0 Å². The fourth-order valence-electron chi connectivity index (χ4n) is 1.59. The van der Waals surface area contributed by atoms with Gasteiger partial charge in [-0.3, -0.25) is 4.72 Å². The van der Waals surface area contributed by atoms with Gasteiger partial charge >= 0.3 is 0 Å². The van der Waals surface area contributed by atoms with E-state index in [9.17, 15) is 12.8 Å². The van der Waals surface area contributed by atoms with Crippen molar-refractivity contribution in [3.63, 3.8) is 0 Å².